The monoisotopic (exact) mass is 385 g/mol. The highest BCUT2D eigenvalue weighted by atomic mass is 31.0. The van der Waals surface area contributed by atoms with Crippen molar-refractivity contribution in [2.75, 3.05) is 13.1 Å². The van der Waals surface area contributed by atoms with Crippen molar-refractivity contribution in [3.8, 4) is 0 Å². The zero-order chi connectivity index (χ0) is 19.2. The molecule has 1 aliphatic heterocycles. The number of amides is 1. The summed E-state index contributed by atoms with van der Waals surface area (Å²) in [6, 6.07) is 9.28. The molecule has 3 atom stereocenters. The number of fused-ring (bicyclic) bond motifs is 1. The van der Waals surface area contributed by atoms with Crippen molar-refractivity contribution in [2.45, 2.75) is 31.6 Å². The largest absolute Gasteiger partial charge is 0.334 e. The van der Waals surface area contributed by atoms with Gasteiger partial charge in [0.2, 0.25) is 0 Å². The molecular formula is C19H21FN5OP. The van der Waals surface area contributed by atoms with E-state index in [4.69, 9.17) is 0 Å². The number of rotatable bonds is 2. The first-order valence-electron chi connectivity index (χ1n) is 8.83. The molecule has 0 N–H and O–H groups in total. The van der Waals surface area contributed by atoms with Crippen molar-refractivity contribution in [1.29, 1.82) is 0 Å². The molecule has 2 aromatic heterocycles. The van der Waals surface area contributed by atoms with E-state index in [2.05, 4.69) is 24.3 Å². The summed E-state index contributed by atoms with van der Waals surface area (Å²) < 4.78 is 16.8. The van der Waals surface area contributed by atoms with Gasteiger partial charge in [-0.3, -0.25) is 4.79 Å². The maximum atomic E-state index is 15.1. The summed E-state index contributed by atoms with van der Waals surface area (Å²) in [5.74, 6) is 0.120. The highest BCUT2D eigenvalue weighted by Gasteiger charge is 2.40. The fourth-order valence-corrected chi connectivity index (χ4v) is 4.25. The molecule has 0 aliphatic carbocycles. The van der Waals surface area contributed by atoms with Crippen molar-refractivity contribution in [2.24, 2.45) is 0 Å². The molecule has 4 rings (SSSR count). The molecule has 1 fully saturated rings. The number of aryl methyl sites for hydroxylation is 2. The number of carbonyl (C=O) groups is 1. The van der Waals surface area contributed by atoms with Crippen LogP contribution in [0.25, 0.3) is 5.78 Å². The quantitative estimate of drug-likeness (QED) is 0.637. The van der Waals surface area contributed by atoms with Crippen LogP contribution in [0.15, 0.2) is 36.7 Å². The summed E-state index contributed by atoms with van der Waals surface area (Å²) in [4.78, 5) is 23.1. The van der Waals surface area contributed by atoms with Gasteiger partial charge in [-0.05, 0) is 38.5 Å². The number of likely N-dealkylation sites (tertiary alicyclic amines) is 1. The van der Waals surface area contributed by atoms with Crippen LogP contribution in [-0.2, 0) is 0 Å². The molecule has 0 saturated carbocycles. The van der Waals surface area contributed by atoms with Gasteiger partial charge in [0.25, 0.3) is 11.7 Å². The van der Waals surface area contributed by atoms with Gasteiger partial charge in [0.15, 0.2) is 0 Å². The minimum atomic E-state index is -1.56. The van der Waals surface area contributed by atoms with E-state index in [-0.39, 0.29) is 24.8 Å². The first-order valence-corrected chi connectivity index (χ1v) is 9.41. The summed E-state index contributed by atoms with van der Waals surface area (Å²) >= 11 is 0. The second-order valence-electron chi connectivity index (χ2n) is 7.29. The molecule has 140 valence electrons. The third kappa shape index (κ3) is 3.56. The molecular weight excluding hydrogens is 364 g/mol. The zero-order valence-corrected chi connectivity index (χ0v) is 16.4. The number of aromatic nitrogens is 4. The lowest BCUT2D eigenvalue weighted by Gasteiger charge is -2.40. The summed E-state index contributed by atoms with van der Waals surface area (Å²) in [6.07, 6.45) is 1.72. The van der Waals surface area contributed by atoms with Gasteiger partial charge >= 0.3 is 0 Å². The predicted molar refractivity (Wildman–Crippen MR) is 104 cm³/mol. The van der Waals surface area contributed by atoms with E-state index >= 15 is 4.39 Å². The second kappa shape index (κ2) is 6.64. The maximum Gasteiger partial charge on any atom is 0.254 e. The number of halogens is 1. The standard InChI is InChI=1S/C19H21FN5OP/c1-12-4-3-5-14(6-12)17(26)24-9-15(8-19(20,27)10-24)16-7-13(2)23-18-21-11-22-25(16)18/h3-7,11,15H,8-10,27H2,1-2H3. The summed E-state index contributed by atoms with van der Waals surface area (Å²) in [5, 5.41) is 2.67. The minimum Gasteiger partial charge on any atom is -0.334 e. The van der Waals surface area contributed by atoms with Crippen LogP contribution in [0.4, 0.5) is 4.39 Å². The molecule has 0 radical (unpaired) electrons. The van der Waals surface area contributed by atoms with Gasteiger partial charge in [0.1, 0.15) is 11.7 Å². The Labute approximate surface area is 159 Å². The van der Waals surface area contributed by atoms with Gasteiger partial charge in [-0.2, -0.15) is 10.1 Å². The van der Waals surface area contributed by atoms with Crippen LogP contribution in [0.2, 0.25) is 0 Å². The average Bonchev–Trinajstić information content (AvgIpc) is 3.07. The number of piperidine rings is 1. The number of hydrogen-bond acceptors (Lipinski definition) is 4. The third-order valence-electron chi connectivity index (χ3n) is 4.86. The predicted octanol–water partition coefficient (Wildman–Crippen LogP) is 2.91. The van der Waals surface area contributed by atoms with Gasteiger partial charge in [0.05, 0.1) is 12.2 Å². The lowest BCUT2D eigenvalue weighted by atomic mass is 9.92. The highest BCUT2D eigenvalue weighted by molar-refractivity contribution is 7.18. The molecule has 1 amide bonds. The first kappa shape index (κ1) is 18.0. The van der Waals surface area contributed by atoms with Gasteiger partial charge in [-0.15, -0.1) is 0 Å². The van der Waals surface area contributed by atoms with Crippen LogP contribution in [-0.4, -0.2) is 48.9 Å². The highest BCUT2D eigenvalue weighted by Crippen LogP contribution is 2.39. The van der Waals surface area contributed by atoms with E-state index in [1.807, 2.05) is 38.1 Å². The van der Waals surface area contributed by atoms with Gasteiger partial charge in [-0.1, -0.05) is 26.9 Å². The maximum absolute atomic E-state index is 15.1. The Morgan fingerprint density at radius 1 is 1.33 bits per heavy atom. The molecule has 3 heterocycles. The Morgan fingerprint density at radius 2 is 2.15 bits per heavy atom. The van der Waals surface area contributed by atoms with Crippen molar-refractivity contribution in [3.05, 3.63) is 59.2 Å². The van der Waals surface area contributed by atoms with Crippen LogP contribution in [0, 0.1) is 13.8 Å². The van der Waals surface area contributed by atoms with Crippen LogP contribution < -0.4 is 0 Å². The molecule has 6 nitrogen and oxygen atoms in total. The molecule has 1 aliphatic rings. The van der Waals surface area contributed by atoms with E-state index in [1.54, 1.807) is 15.5 Å². The molecule has 0 spiro atoms. The van der Waals surface area contributed by atoms with Crippen molar-refractivity contribution >= 4 is 20.9 Å². The summed E-state index contributed by atoms with van der Waals surface area (Å²) in [6.45, 7) is 4.28. The van der Waals surface area contributed by atoms with E-state index < -0.39 is 5.41 Å². The SMILES string of the molecule is Cc1cccc(C(=O)N2CC(c3cc(C)nc4ncnn34)CC(F)(P)C2)c1. The Hall–Kier alpha value is -2.40. The van der Waals surface area contributed by atoms with E-state index in [9.17, 15) is 4.79 Å². The second-order valence-corrected chi connectivity index (χ2v) is 8.32. The average molecular weight is 385 g/mol. The fourth-order valence-electron chi connectivity index (χ4n) is 3.75. The third-order valence-corrected chi connectivity index (χ3v) is 5.28. The zero-order valence-electron chi connectivity index (χ0n) is 15.3. The number of carbonyl (C=O) groups excluding carboxylic acids is 1. The van der Waals surface area contributed by atoms with Crippen molar-refractivity contribution in [3.63, 3.8) is 0 Å². The molecule has 8 heteroatoms. The molecule has 27 heavy (non-hydrogen) atoms. The van der Waals surface area contributed by atoms with Crippen LogP contribution in [0.1, 0.15) is 39.6 Å². The summed E-state index contributed by atoms with van der Waals surface area (Å²) in [7, 11) is 2.28. The topological polar surface area (TPSA) is 63.4 Å². The number of nitrogens with zero attached hydrogens (tertiary/aromatic N) is 5. The Morgan fingerprint density at radius 3 is 2.93 bits per heavy atom. The van der Waals surface area contributed by atoms with Crippen LogP contribution in [0.5, 0.6) is 0 Å². The normalized spacial score (nSPS) is 23.0. The van der Waals surface area contributed by atoms with Crippen LogP contribution in [0.3, 0.4) is 0 Å². The van der Waals surface area contributed by atoms with Gasteiger partial charge in [0, 0.05) is 23.7 Å². The molecule has 3 unspecified atom stereocenters. The van der Waals surface area contributed by atoms with Crippen molar-refractivity contribution in [1.82, 2.24) is 24.5 Å². The fraction of sp³-hybridized carbons (Fsp3) is 0.368. The Bertz CT molecular complexity index is 1020. The molecule has 1 saturated heterocycles. The number of hydrogen-bond donors (Lipinski definition) is 0. The first-order chi connectivity index (χ1) is 12.8. The van der Waals surface area contributed by atoms with Crippen LogP contribution >= 0.6 is 9.24 Å². The smallest absolute Gasteiger partial charge is 0.254 e. The van der Waals surface area contributed by atoms with E-state index in [0.717, 1.165) is 17.0 Å². The number of alkyl halides is 1. The molecule has 0 bridgehead atoms. The Balaban J connectivity index is 1.70. The van der Waals surface area contributed by atoms with E-state index in [0.29, 0.717) is 17.9 Å². The minimum absolute atomic E-state index is 0.0471. The lowest BCUT2D eigenvalue weighted by molar-refractivity contribution is 0.0543. The Kier molecular flexibility index (Phi) is 4.42. The number of benzene rings is 1. The van der Waals surface area contributed by atoms with Gasteiger partial charge in [-0.25, -0.2) is 13.9 Å². The van der Waals surface area contributed by atoms with Crippen molar-refractivity contribution < 1.29 is 9.18 Å². The van der Waals surface area contributed by atoms with Gasteiger partial charge < -0.3 is 4.90 Å². The van der Waals surface area contributed by atoms with E-state index in [1.165, 1.54) is 6.33 Å². The molecule has 3 aromatic rings. The molecule has 1 aromatic carbocycles. The lowest BCUT2D eigenvalue weighted by Crippen LogP contribution is -2.48. The summed E-state index contributed by atoms with van der Waals surface area (Å²) in [5.41, 5.74) is 3.19.